The van der Waals surface area contributed by atoms with Crippen LogP contribution in [0, 0.1) is 5.82 Å². The van der Waals surface area contributed by atoms with Crippen molar-refractivity contribution >= 4 is 22.7 Å². The largest absolute Gasteiger partial charge is 0.493 e. The molecule has 0 spiro atoms. The van der Waals surface area contributed by atoms with Crippen LogP contribution in [-0.4, -0.2) is 24.2 Å². The first kappa shape index (κ1) is 13.2. The number of anilines is 2. The first-order chi connectivity index (χ1) is 10.2. The Balaban J connectivity index is 1.99. The van der Waals surface area contributed by atoms with Crippen LogP contribution in [0.3, 0.4) is 0 Å². The van der Waals surface area contributed by atoms with Gasteiger partial charge < -0.3 is 19.8 Å². The van der Waals surface area contributed by atoms with Crippen molar-refractivity contribution in [3.63, 3.8) is 0 Å². The zero-order chi connectivity index (χ0) is 14.8. The number of H-pyrrole nitrogens is 1. The van der Waals surface area contributed by atoms with E-state index in [1.54, 1.807) is 44.6 Å². The molecule has 0 atom stereocenters. The van der Waals surface area contributed by atoms with Crippen LogP contribution in [-0.2, 0) is 0 Å². The minimum absolute atomic E-state index is 0.340. The van der Waals surface area contributed by atoms with Crippen molar-refractivity contribution in [3.05, 3.63) is 42.2 Å². The highest BCUT2D eigenvalue weighted by Crippen LogP contribution is 2.32. The number of aromatic nitrogens is 2. The molecule has 0 bridgehead atoms. The number of halogens is 1. The summed E-state index contributed by atoms with van der Waals surface area (Å²) in [6.07, 6.45) is 0. The van der Waals surface area contributed by atoms with E-state index < -0.39 is 0 Å². The molecule has 0 aliphatic rings. The van der Waals surface area contributed by atoms with Crippen molar-refractivity contribution in [2.45, 2.75) is 0 Å². The minimum atomic E-state index is -0.340. The van der Waals surface area contributed by atoms with Gasteiger partial charge in [-0.05, 0) is 12.1 Å². The number of hydrogen-bond acceptors (Lipinski definition) is 4. The summed E-state index contributed by atoms with van der Waals surface area (Å²) in [6.45, 7) is 0. The van der Waals surface area contributed by atoms with Crippen molar-refractivity contribution in [2.75, 3.05) is 19.5 Å². The van der Waals surface area contributed by atoms with Crippen molar-refractivity contribution in [2.24, 2.45) is 0 Å². The minimum Gasteiger partial charge on any atom is -0.493 e. The quantitative estimate of drug-likeness (QED) is 0.771. The van der Waals surface area contributed by atoms with Crippen LogP contribution in [0.15, 0.2) is 36.4 Å². The predicted molar refractivity (Wildman–Crippen MR) is 78.9 cm³/mol. The third-order valence-corrected chi connectivity index (χ3v) is 3.11. The number of ether oxygens (including phenoxy) is 2. The number of para-hydroxylation sites is 1. The Labute approximate surface area is 120 Å². The van der Waals surface area contributed by atoms with Crippen LogP contribution in [0.4, 0.5) is 16.0 Å². The first-order valence-electron chi connectivity index (χ1n) is 6.34. The highest BCUT2D eigenvalue weighted by atomic mass is 19.1. The Morgan fingerprint density at radius 3 is 2.52 bits per heavy atom. The molecule has 108 valence electrons. The van der Waals surface area contributed by atoms with E-state index in [0.717, 1.165) is 5.52 Å². The summed E-state index contributed by atoms with van der Waals surface area (Å²) in [4.78, 5) is 7.44. The van der Waals surface area contributed by atoms with Crippen LogP contribution >= 0.6 is 0 Å². The van der Waals surface area contributed by atoms with Gasteiger partial charge in [0.25, 0.3) is 0 Å². The second kappa shape index (κ2) is 5.32. The van der Waals surface area contributed by atoms with Gasteiger partial charge in [0.05, 0.1) is 30.9 Å². The van der Waals surface area contributed by atoms with Gasteiger partial charge >= 0.3 is 0 Å². The molecule has 2 N–H and O–H groups in total. The average molecular weight is 287 g/mol. The lowest BCUT2D eigenvalue weighted by Crippen LogP contribution is -1.94. The van der Waals surface area contributed by atoms with Crippen molar-refractivity contribution < 1.29 is 13.9 Å². The molecule has 0 saturated carbocycles. The van der Waals surface area contributed by atoms with E-state index in [1.165, 1.54) is 6.07 Å². The molecule has 2 aromatic carbocycles. The fraction of sp³-hybridized carbons (Fsp3) is 0.133. The van der Waals surface area contributed by atoms with Gasteiger partial charge in [0, 0.05) is 12.1 Å². The molecule has 0 saturated heterocycles. The van der Waals surface area contributed by atoms with E-state index in [1.807, 2.05) is 0 Å². The second-order valence-electron chi connectivity index (χ2n) is 4.41. The molecule has 0 amide bonds. The fourth-order valence-electron chi connectivity index (χ4n) is 2.09. The predicted octanol–water partition coefficient (Wildman–Crippen LogP) is 3.46. The van der Waals surface area contributed by atoms with Gasteiger partial charge in [0.15, 0.2) is 11.5 Å². The first-order valence-corrected chi connectivity index (χ1v) is 6.34. The maximum absolute atomic E-state index is 13.6. The van der Waals surface area contributed by atoms with Crippen LogP contribution in [0.5, 0.6) is 11.5 Å². The Kier molecular flexibility index (Phi) is 3.35. The van der Waals surface area contributed by atoms with E-state index in [9.17, 15) is 4.39 Å². The molecule has 5 nitrogen and oxygen atoms in total. The molecule has 0 aliphatic carbocycles. The summed E-state index contributed by atoms with van der Waals surface area (Å²) < 4.78 is 24.1. The van der Waals surface area contributed by atoms with E-state index >= 15 is 0 Å². The Morgan fingerprint density at radius 2 is 1.81 bits per heavy atom. The highest BCUT2D eigenvalue weighted by molar-refractivity contribution is 5.82. The van der Waals surface area contributed by atoms with Gasteiger partial charge in [0.1, 0.15) is 5.82 Å². The van der Waals surface area contributed by atoms with Crippen molar-refractivity contribution in [1.82, 2.24) is 9.97 Å². The van der Waals surface area contributed by atoms with Gasteiger partial charge in [-0.15, -0.1) is 0 Å². The molecule has 0 radical (unpaired) electrons. The number of nitrogens with one attached hydrogen (secondary N) is 2. The van der Waals surface area contributed by atoms with Gasteiger partial charge in [-0.25, -0.2) is 9.37 Å². The number of nitrogens with zero attached hydrogens (tertiary/aromatic N) is 1. The number of aromatic amines is 1. The summed E-state index contributed by atoms with van der Waals surface area (Å²) in [6, 6.07) is 9.96. The lowest BCUT2D eigenvalue weighted by Gasteiger charge is -2.06. The maximum Gasteiger partial charge on any atom is 0.205 e. The van der Waals surface area contributed by atoms with Crippen LogP contribution in [0.2, 0.25) is 0 Å². The molecule has 0 unspecified atom stereocenters. The molecule has 0 fully saturated rings. The second-order valence-corrected chi connectivity index (χ2v) is 4.41. The number of imidazole rings is 1. The molecule has 6 heteroatoms. The topological polar surface area (TPSA) is 59.2 Å². The van der Waals surface area contributed by atoms with Gasteiger partial charge in [-0.2, -0.15) is 0 Å². The lowest BCUT2D eigenvalue weighted by atomic mass is 10.3. The van der Waals surface area contributed by atoms with E-state index in [0.29, 0.717) is 28.7 Å². The Hall–Kier alpha value is -2.76. The van der Waals surface area contributed by atoms with Crippen LogP contribution < -0.4 is 14.8 Å². The molecule has 1 heterocycles. The third-order valence-electron chi connectivity index (χ3n) is 3.11. The number of hydrogen-bond donors (Lipinski definition) is 2. The lowest BCUT2D eigenvalue weighted by molar-refractivity contribution is 0.356. The number of benzene rings is 2. The molecule has 3 aromatic rings. The highest BCUT2D eigenvalue weighted by Gasteiger charge is 2.10. The van der Waals surface area contributed by atoms with E-state index in [2.05, 4.69) is 15.3 Å². The summed E-state index contributed by atoms with van der Waals surface area (Å²) in [5.41, 5.74) is 1.83. The molecular formula is C15H14FN3O2. The number of rotatable bonds is 4. The smallest absolute Gasteiger partial charge is 0.205 e. The fourth-order valence-corrected chi connectivity index (χ4v) is 2.09. The summed E-state index contributed by atoms with van der Waals surface area (Å²) in [5, 5.41) is 2.91. The summed E-state index contributed by atoms with van der Waals surface area (Å²) >= 11 is 0. The van der Waals surface area contributed by atoms with E-state index in [4.69, 9.17) is 9.47 Å². The number of fused-ring (bicyclic) bond motifs is 1. The molecule has 3 rings (SSSR count). The SMILES string of the molecule is COc1cc2nc(Nc3ccccc3F)[nH]c2cc1OC. The average Bonchev–Trinajstić information content (AvgIpc) is 2.89. The standard InChI is InChI=1S/C15H14FN3O2/c1-20-13-7-11-12(8-14(13)21-2)19-15(18-11)17-10-6-4-3-5-9(10)16/h3-8H,1-2H3,(H2,17,18,19). The van der Waals surface area contributed by atoms with Crippen molar-refractivity contribution in [3.8, 4) is 11.5 Å². The van der Waals surface area contributed by atoms with Gasteiger partial charge in [0.2, 0.25) is 5.95 Å². The molecule has 21 heavy (non-hydrogen) atoms. The van der Waals surface area contributed by atoms with Crippen molar-refractivity contribution in [1.29, 1.82) is 0 Å². The molecule has 1 aromatic heterocycles. The Bertz CT molecular complexity index is 745. The third kappa shape index (κ3) is 2.47. The molecular weight excluding hydrogens is 273 g/mol. The zero-order valence-corrected chi connectivity index (χ0v) is 11.6. The maximum atomic E-state index is 13.6. The van der Waals surface area contributed by atoms with Gasteiger partial charge in [-0.1, -0.05) is 12.1 Å². The van der Waals surface area contributed by atoms with E-state index in [-0.39, 0.29) is 5.82 Å². The monoisotopic (exact) mass is 287 g/mol. The number of methoxy groups -OCH3 is 2. The Morgan fingerprint density at radius 1 is 1.10 bits per heavy atom. The van der Waals surface area contributed by atoms with Crippen LogP contribution in [0.25, 0.3) is 11.0 Å². The summed E-state index contributed by atoms with van der Waals surface area (Å²) in [5.74, 6) is 1.30. The van der Waals surface area contributed by atoms with Crippen LogP contribution in [0.1, 0.15) is 0 Å². The summed E-state index contributed by atoms with van der Waals surface area (Å²) in [7, 11) is 3.13. The normalized spacial score (nSPS) is 10.6. The zero-order valence-electron chi connectivity index (χ0n) is 11.6. The van der Waals surface area contributed by atoms with Gasteiger partial charge in [-0.3, -0.25) is 0 Å². The molecule has 0 aliphatic heterocycles.